The zero-order chi connectivity index (χ0) is 18.0. The van der Waals surface area contributed by atoms with Crippen LogP contribution in [0.4, 0.5) is 0 Å². The van der Waals surface area contributed by atoms with E-state index in [2.05, 4.69) is 9.88 Å². The number of aromatic nitrogens is 1. The summed E-state index contributed by atoms with van der Waals surface area (Å²) in [7, 11) is 0. The van der Waals surface area contributed by atoms with E-state index in [1.165, 1.54) is 0 Å². The molecule has 25 heavy (non-hydrogen) atoms. The van der Waals surface area contributed by atoms with Crippen LogP contribution in [0.25, 0.3) is 11.5 Å². The van der Waals surface area contributed by atoms with E-state index in [1.807, 2.05) is 36.1 Å². The highest BCUT2D eigenvalue weighted by molar-refractivity contribution is 5.95. The highest BCUT2D eigenvalue weighted by Gasteiger charge is 2.26. The molecule has 3 rings (SSSR count). The number of pyridine rings is 1. The zero-order valence-corrected chi connectivity index (χ0v) is 15.0. The molecule has 0 atom stereocenters. The molecular formula is C19H25N3O3. The molecule has 1 aliphatic heterocycles. The Kier molecular flexibility index (Phi) is 4.92. The number of nitrogens with zero attached hydrogens (tertiary/aromatic N) is 3. The molecule has 1 amide bonds. The Labute approximate surface area is 148 Å². The van der Waals surface area contributed by atoms with Gasteiger partial charge in [0.05, 0.1) is 23.1 Å². The maximum atomic E-state index is 12.8. The maximum Gasteiger partial charge on any atom is 0.255 e. The van der Waals surface area contributed by atoms with Gasteiger partial charge in [-0.3, -0.25) is 9.69 Å². The Bertz CT molecular complexity index is 727. The lowest BCUT2D eigenvalue weighted by molar-refractivity contribution is 0.0178. The first kappa shape index (κ1) is 17.6. The quantitative estimate of drug-likeness (QED) is 0.921. The molecule has 0 saturated carbocycles. The fourth-order valence-corrected chi connectivity index (χ4v) is 3.18. The van der Waals surface area contributed by atoms with Crippen LogP contribution >= 0.6 is 0 Å². The van der Waals surface area contributed by atoms with Gasteiger partial charge in [-0.25, -0.2) is 4.98 Å². The highest BCUT2D eigenvalue weighted by Crippen LogP contribution is 2.20. The Morgan fingerprint density at radius 3 is 2.52 bits per heavy atom. The van der Waals surface area contributed by atoms with Crippen molar-refractivity contribution < 1.29 is 14.3 Å². The van der Waals surface area contributed by atoms with Crippen LogP contribution in [0.3, 0.4) is 0 Å². The fraction of sp³-hybridized carbons (Fsp3) is 0.474. The molecule has 0 unspecified atom stereocenters. The van der Waals surface area contributed by atoms with Crippen molar-refractivity contribution in [2.24, 2.45) is 0 Å². The number of carbonyl (C=O) groups excluding carboxylic acids is 1. The van der Waals surface area contributed by atoms with Gasteiger partial charge in [-0.1, -0.05) is 0 Å². The number of rotatable bonds is 4. The number of amides is 1. The minimum absolute atomic E-state index is 0.0129. The summed E-state index contributed by atoms with van der Waals surface area (Å²) in [5, 5.41) is 9.93. The third kappa shape index (κ3) is 4.27. The summed E-state index contributed by atoms with van der Waals surface area (Å²) in [5.41, 5.74) is 1.35. The molecule has 134 valence electrons. The summed E-state index contributed by atoms with van der Waals surface area (Å²) in [6, 6.07) is 7.32. The van der Waals surface area contributed by atoms with E-state index in [-0.39, 0.29) is 5.91 Å². The molecule has 2 aromatic heterocycles. The number of hydrogen-bond acceptors (Lipinski definition) is 5. The van der Waals surface area contributed by atoms with E-state index in [9.17, 15) is 9.90 Å². The Hall–Kier alpha value is -2.18. The molecule has 0 aliphatic carbocycles. The van der Waals surface area contributed by atoms with Gasteiger partial charge in [-0.05, 0) is 45.0 Å². The molecule has 6 nitrogen and oxygen atoms in total. The zero-order valence-electron chi connectivity index (χ0n) is 15.0. The van der Waals surface area contributed by atoms with Gasteiger partial charge in [0.25, 0.3) is 5.91 Å². The van der Waals surface area contributed by atoms with Crippen LogP contribution in [0.5, 0.6) is 0 Å². The number of β-amino-alcohol motifs (C(OH)–C–C–N with tert-alkyl or cyclic N) is 1. The number of piperazine rings is 1. The SMILES string of the molecule is Cc1nc(-c2ccco2)ccc1C(=O)N1CCN(CC(C)(C)O)CC1. The second-order valence-electron chi connectivity index (χ2n) is 7.19. The van der Waals surface area contributed by atoms with Gasteiger partial charge in [0.15, 0.2) is 5.76 Å². The highest BCUT2D eigenvalue weighted by atomic mass is 16.3. The lowest BCUT2D eigenvalue weighted by Gasteiger charge is -2.37. The standard InChI is InChI=1S/C19H25N3O3/c1-14-15(6-7-16(20-14)17-5-4-12-25-17)18(23)22-10-8-21(9-11-22)13-19(2,3)24/h4-7,12,24H,8-11,13H2,1-3H3. The lowest BCUT2D eigenvalue weighted by Crippen LogP contribution is -2.52. The van der Waals surface area contributed by atoms with E-state index in [0.29, 0.717) is 36.7 Å². The smallest absolute Gasteiger partial charge is 0.255 e. The van der Waals surface area contributed by atoms with Crippen LogP contribution in [-0.2, 0) is 0 Å². The summed E-state index contributed by atoms with van der Waals surface area (Å²) >= 11 is 0. The normalized spacial score (nSPS) is 16.2. The first-order chi connectivity index (χ1) is 11.8. The van der Waals surface area contributed by atoms with Crippen LogP contribution in [0, 0.1) is 6.92 Å². The molecule has 0 radical (unpaired) electrons. The number of furan rings is 1. The third-order valence-corrected chi connectivity index (χ3v) is 4.36. The van der Waals surface area contributed by atoms with Crippen molar-refractivity contribution in [1.29, 1.82) is 0 Å². The second kappa shape index (κ2) is 6.98. The molecule has 2 aromatic rings. The van der Waals surface area contributed by atoms with E-state index in [1.54, 1.807) is 20.1 Å². The van der Waals surface area contributed by atoms with Crippen molar-refractivity contribution in [3.05, 3.63) is 41.8 Å². The van der Waals surface area contributed by atoms with Crippen molar-refractivity contribution in [2.75, 3.05) is 32.7 Å². The van der Waals surface area contributed by atoms with Crippen LogP contribution in [0.15, 0.2) is 34.9 Å². The van der Waals surface area contributed by atoms with Gasteiger partial charge >= 0.3 is 0 Å². The van der Waals surface area contributed by atoms with Crippen molar-refractivity contribution in [2.45, 2.75) is 26.4 Å². The minimum atomic E-state index is -0.714. The fourth-order valence-electron chi connectivity index (χ4n) is 3.18. The molecule has 0 bridgehead atoms. The Balaban J connectivity index is 1.66. The predicted molar refractivity (Wildman–Crippen MR) is 95.3 cm³/mol. The Morgan fingerprint density at radius 1 is 1.24 bits per heavy atom. The summed E-state index contributed by atoms with van der Waals surface area (Å²) < 4.78 is 5.36. The largest absolute Gasteiger partial charge is 0.463 e. The van der Waals surface area contributed by atoms with E-state index in [0.717, 1.165) is 18.8 Å². The molecule has 1 aliphatic rings. The maximum absolute atomic E-state index is 12.8. The third-order valence-electron chi connectivity index (χ3n) is 4.36. The molecule has 1 N–H and O–H groups in total. The van der Waals surface area contributed by atoms with Crippen molar-refractivity contribution in [3.8, 4) is 11.5 Å². The van der Waals surface area contributed by atoms with Crippen LogP contribution in [-0.4, -0.2) is 64.1 Å². The number of carbonyl (C=O) groups is 1. The van der Waals surface area contributed by atoms with Crippen LogP contribution < -0.4 is 0 Å². The molecule has 0 aromatic carbocycles. The van der Waals surface area contributed by atoms with Crippen LogP contribution in [0.1, 0.15) is 29.9 Å². The van der Waals surface area contributed by atoms with E-state index >= 15 is 0 Å². The summed E-state index contributed by atoms with van der Waals surface area (Å²) in [5.74, 6) is 0.709. The molecule has 1 fully saturated rings. The van der Waals surface area contributed by atoms with Crippen molar-refractivity contribution in [1.82, 2.24) is 14.8 Å². The molecule has 0 spiro atoms. The first-order valence-corrected chi connectivity index (χ1v) is 8.59. The van der Waals surface area contributed by atoms with Gasteiger partial charge in [0, 0.05) is 32.7 Å². The average Bonchev–Trinajstić information content (AvgIpc) is 3.08. The summed E-state index contributed by atoms with van der Waals surface area (Å²) in [4.78, 5) is 21.4. The van der Waals surface area contributed by atoms with E-state index < -0.39 is 5.60 Å². The van der Waals surface area contributed by atoms with Gasteiger partial charge in [-0.2, -0.15) is 0 Å². The molecule has 3 heterocycles. The first-order valence-electron chi connectivity index (χ1n) is 8.59. The second-order valence-corrected chi connectivity index (χ2v) is 7.19. The van der Waals surface area contributed by atoms with Crippen LogP contribution in [0.2, 0.25) is 0 Å². The van der Waals surface area contributed by atoms with Gasteiger partial charge in [0.1, 0.15) is 5.69 Å². The number of hydrogen-bond donors (Lipinski definition) is 1. The van der Waals surface area contributed by atoms with Gasteiger partial charge in [-0.15, -0.1) is 0 Å². The summed E-state index contributed by atoms with van der Waals surface area (Å²) in [6.07, 6.45) is 1.61. The number of aliphatic hydroxyl groups is 1. The summed E-state index contributed by atoms with van der Waals surface area (Å²) in [6.45, 7) is 8.94. The van der Waals surface area contributed by atoms with Gasteiger partial charge in [0.2, 0.25) is 0 Å². The van der Waals surface area contributed by atoms with E-state index in [4.69, 9.17) is 4.42 Å². The molecular weight excluding hydrogens is 318 g/mol. The average molecular weight is 343 g/mol. The molecule has 6 heteroatoms. The minimum Gasteiger partial charge on any atom is -0.463 e. The Morgan fingerprint density at radius 2 is 1.96 bits per heavy atom. The predicted octanol–water partition coefficient (Wildman–Crippen LogP) is 2.18. The molecule has 1 saturated heterocycles. The van der Waals surface area contributed by atoms with Crippen molar-refractivity contribution >= 4 is 5.91 Å². The number of aryl methyl sites for hydroxylation is 1. The van der Waals surface area contributed by atoms with Crippen molar-refractivity contribution in [3.63, 3.8) is 0 Å². The topological polar surface area (TPSA) is 69.8 Å². The van der Waals surface area contributed by atoms with Gasteiger partial charge < -0.3 is 14.4 Å². The monoisotopic (exact) mass is 343 g/mol. The lowest BCUT2D eigenvalue weighted by atomic mass is 10.1.